The summed E-state index contributed by atoms with van der Waals surface area (Å²) >= 11 is 5.85. The molecule has 1 saturated carbocycles. The molecule has 0 bridgehead atoms. The van der Waals surface area contributed by atoms with Crippen LogP contribution >= 0.6 is 11.6 Å². The molecule has 23 heavy (non-hydrogen) atoms. The van der Waals surface area contributed by atoms with Gasteiger partial charge in [0.15, 0.2) is 0 Å². The summed E-state index contributed by atoms with van der Waals surface area (Å²) in [7, 11) is 0. The first-order valence-electron chi connectivity index (χ1n) is 7.59. The van der Waals surface area contributed by atoms with Gasteiger partial charge >= 0.3 is 0 Å². The Morgan fingerprint density at radius 1 is 1.43 bits per heavy atom. The standard InChI is InChI=1S/C14H19ClN6O2/c15-11-7-17-21(9-11)8-10-5-12(13(22)6-10)18-14(23)1-3-20-4-2-16-19-20/h2,4,7,9-10,12-13,22H,1,3,5-6,8H2,(H,18,23)/t10?,12-,13-/m1/s1. The lowest BCUT2D eigenvalue weighted by molar-refractivity contribution is -0.122. The summed E-state index contributed by atoms with van der Waals surface area (Å²) in [4.78, 5) is 12.0. The van der Waals surface area contributed by atoms with Crippen LogP contribution < -0.4 is 5.32 Å². The van der Waals surface area contributed by atoms with Gasteiger partial charge in [-0.15, -0.1) is 5.10 Å². The van der Waals surface area contributed by atoms with E-state index in [-0.39, 0.29) is 17.9 Å². The minimum Gasteiger partial charge on any atom is -0.391 e. The van der Waals surface area contributed by atoms with Crippen molar-refractivity contribution >= 4 is 17.5 Å². The summed E-state index contributed by atoms with van der Waals surface area (Å²) in [5.41, 5.74) is 0. The van der Waals surface area contributed by atoms with Crippen molar-refractivity contribution in [1.29, 1.82) is 0 Å². The first kappa shape index (κ1) is 15.9. The summed E-state index contributed by atoms with van der Waals surface area (Å²) in [6, 6.07) is -0.214. The number of hydrogen-bond acceptors (Lipinski definition) is 5. The minimum absolute atomic E-state index is 0.0904. The largest absolute Gasteiger partial charge is 0.391 e. The average Bonchev–Trinajstić information content (AvgIpc) is 3.21. The van der Waals surface area contributed by atoms with E-state index in [1.807, 2.05) is 0 Å². The second-order valence-corrected chi connectivity index (χ2v) is 6.31. The third kappa shape index (κ3) is 4.29. The zero-order chi connectivity index (χ0) is 16.2. The minimum atomic E-state index is -0.527. The molecule has 9 heteroatoms. The molecule has 1 amide bonds. The molecule has 1 unspecified atom stereocenters. The Morgan fingerprint density at radius 2 is 2.30 bits per heavy atom. The van der Waals surface area contributed by atoms with Crippen LogP contribution in [0.3, 0.4) is 0 Å². The van der Waals surface area contributed by atoms with Gasteiger partial charge < -0.3 is 10.4 Å². The highest BCUT2D eigenvalue weighted by atomic mass is 35.5. The summed E-state index contributed by atoms with van der Waals surface area (Å²) in [6.07, 6.45) is 7.80. The summed E-state index contributed by atoms with van der Waals surface area (Å²) < 4.78 is 3.38. The molecule has 3 atom stereocenters. The van der Waals surface area contributed by atoms with Crippen LogP contribution in [0.4, 0.5) is 0 Å². The van der Waals surface area contributed by atoms with Crippen LogP contribution in [0.1, 0.15) is 19.3 Å². The fourth-order valence-corrected chi connectivity index (χ4v) is 3.13. The first-order chi connectivity index (χ1) is 11.1. The summed E-state index contributed by atoms with van der Waals surface area (Å²) in [5.74, 6) is 0.175. The highest BCUT2D eigenvalue weighted by molar-refractivity contribution is 6.30. The molecule has 1 aliphatic rings. The summed E-state index contributed by atoms with van der Waals surface area (Å²) in [5, 5.41) is 25.3. The van der Waals surface area contributed by atoms with Gasteiger partial charge in [0.2, 0.25) is 5.91 Å². The predicted molar refractivity (Wildman–Crippen MR) is 82.5 cm³/mol. The van der Waals surface area contributed by atoms with E-state index >= 15 is 0 Å². The smallest absolute Gasteiger partial charge is 0.222 e. The van der Waals surface area contributed by atoms with Crippen molar-refractivity contribution in [3.63, 3.8) is 0 Å². The number of hydrogen-bond donors (Lipinski definition) is 2. The molecule has 1 aliphatic carbocycles. The first-order valence-corrected chi connectivity index (χ1v) is 7.97. The number of nitrogens with zero attached hydrogens (tertiary/aromatic N) is 5. The van der Waals surface area contributed by atoms with Gasteiger partial charge in [-0.05, 0) is 18.8 Å². The van der Waals surface area contributed by atoms with E-state index in [2.05, 4.69) is 20.7 Å². The lowest BCUT2D eigenvalue weighted by Gasteiger charge is -2.16. The van der Waals surface area contributed by atoms with Crippen molar-refractivity contribution in [2.45, 2.75) is 44.5 Å². The Kier molecular flexibility index (Phi) is 4.92. The van der Waals surface area contributed by atoms with Gasteiger partial charge in [0.25, 0.3) is 0 Å². The number of aliphatic hydroxyl groups excluding tert-OH is 1. The van der Waals surface area contributed by atoms with Crippen LogP contribution in [0.5, 0.6) is 0 Å². The number of carbonyl (C=O) groups is 1. The Hall–Kier alpha value is -1.93. The van der Waals surface area contributed by atoms with Crippen molar-refractivity contribution in [3.05, 3.63) is 29.8 Å². The number of nitrogens with one attached hydrogen (secondary N) is 1. The van der Waals surface area contributed by atoms with Crippen LogP contribution in [-0.4, -0.2) is 47.9 Å². The van der Waals surface area contributed by atoms with Crippen LogP contribution in [-0.2, 0) is 17.9 Å². The number of halogens is 1. The Morgan fingerprint density at radius 3 is 3.00 bits per heavy atom. The van der Waals surface area contributed by atoms with E-state index in [9.17, 15) is 9.90 Å². The maximum absolute atomic E-state index is 12.0. The van der Waals surface area contributed by atoms with Gasteiger partial charge in [-0.25, -0.2) is 0 Å². The fraction of sp³-hybridized carbons (Fsp3) is 0.571. The number of aromatic nitrogens is 5. The predicted octanol–water partition coefficient (Wildman–Crippen LogP) is 0.474. The van der Waals surface area contributed by atoms with Gasteiger partial charge in [-0.1, -0.05) is 16.8 Å². The Balaban J connectivity index is 1.45. The van der Waals surface area contributed by atoms with Crippen molar-refractivity contribution < 1.29 is 9.90 Å². The highest BCUT2D eigenvalue weighted by Gasteiger charge is 2.34. The molecule has 0 spiro atoms. The average molecular weight is 339 g/mol. The Bertz CT molecular complexity index is 643. The van der Waals surface area contributed by atoms with E-state index in [4.69, 9.17) is 11.6 Å². The molecular formula is C14H19ClN6O2. The number of aryl methyl sites for hydroxylation is 1. The van der Waals surface area contributed by atoms with Crippen molar-refractivity contribution in [3.8, 4) is 0 Å². The molecule has 0 saturated heterocycles. The molecular weight excluding hydrogens is 320 g/mol. The molecule has 1 fully saturated rings. The molecule has 124 valence electrons. The monoisotopic (exact) mass is 338 g/mol. The van der Waals surface area contributed by atoms with Gasteiger partial charge in [-0.3, -0.25) is 14.2 Å². The van der Waals surface area contributed by atoms with Gasteiger partial charge in [0.05, 0.1) is 36.1 Å². The third-order valence-electron chi connectivity index (χ3n) is 4.06. The van der Waals surface area contributed by atoms with E-state index < -0.39 is 6.10 Å². The van der Waals surface area contributed by atoms with Gasteiger partial charge in [0.1, 0.15) is 0 Å². The maximum atomic E-state index is 12.0. The zero-order valence-electron chi connectivity index (χ0n) is 12.5. The van der Waals surface area contributed by atoms with Crippen LogP contribution in [0.2, 0.25) is 5.02 Å². The van der Waals surface area contributed by atoms with Crippen LogP contribution in [0, 0.1) is 5.92 Å². The fourth-order valence-electron chi connectivity index (χ4n) is 2.97. The normalized spacial score (nSPS) is 24.0. The number of amides is 1. The number of rotatable bonds is 6. The molecule has 0 aromatic carbocycles. The second-order valence-electron chi connectivity index (χ2n) is 5.88. The molecule has 2 aromatic rings. The quantitative estimate of drug-likeness (QED) is 0.798. The molecule has 0 radical (unpaired) electrons. The lowest BCUT2D eigenvalue weighted by atomic mass is 10.1. The van der Waals surface area contributed by atoms with Gasteiger partial charge in [-0.2, -0.15) is 5.10 Å². The van der Waals surface area contributed by atoms with Crippen molar-refractivity contribution in [2.75, 3.05) is 0 Å². The maximum Gasteiger partial charge on any atom is 0.222 e. The molecule has 2 heterocycles. The molecule has 3 rings (SSSR count). The van der Waals surface area contributed by atoms with Crippen molar-refractivity contribution in [1.82, 2.24) is 30.1 Å². The molecule has 0 aliphatic heterocycles. The summed E-state index contributed by atoms with van der Waals surface area (Å²) in [6.45, 7) is 1.17. The second kappa shape index (κ2) is 7.10. The Labute approximate surface area is 138 Å². The number of aliphatic hydroxyl groups is 1. The molecule has 8 nitrogen and oxygen atoms in total. The van der Waals surface area contributed by atoms with E-state index in [0.717, 1.165) is 6.42 Å². The highest BCUT2D eigenvalue weighted by Crippen LogP contribution is 2.27. The van der Waals surface area contributed by atoms with Gasteiger partial charge in [0, 0.05) is 25.4 Å². The SMILES string of the molecule is O=C(CCn1ccnn1)N[C@@H]1CC(Cn2cc(Cl)cn2)C[C@H]1O. The zero-order valence-corrected chi connectivity index (χ0v) is 13.3. The lowest BCUT2D eigenvalue weighted by Crippen LogP contribution is -2.40. The third-order valence-corrected chi connectivity index (χ3v) is 4.26. The van der Waals surface area contributed by atoms with E-state index in [1.165, 1.54) is 0 Å². The van der Waals surface area contributed by atoms with Crippen LogP contribution in [0.25, 0.3) is 0 Å². The molecule has 2 N–H and O–H groups in total. The van der Waals surface area contributed by atoms with Crippen LogP contribution in [0.15, 0.2) is 24.8 Å². The van der Waals surface area contributed by atoms with E-state index in [0.29, 0.717) is 31.0 Å². The van der Waals surface area contributed by atoms with Crippen molar-refractivity contribution in [2.24, 2.45) is 5.92 Å². The molecule has 2 aromatic heterocycles. The topological polar surface area (TPSA) is 97.9 Å². The van der Waals surface area contributed by atoms with E-state index in [1.54, 1.807) is 34.2 Å². The number of carbonyl (C=O) groups excluding carboxylic acids is 1.